The first kappa shape index (κ1) is 9.15. The molecule has 0 bridgehead atoms. The van der Waals surface area contributed by atoms with E-state index in [0.717, 1.165) is 17.1 Å². The smallest absolute Gasteiger partial charge is 0.171 e. The van der Waals surface area contributed by atoms with Gasteiger partial charge >= 0.3 is 0 Å². The summed E-state index contributed by atoms with van der Waals surface area (Å²) in [4.78, 5) is 10.8. The zero-order chi connectivity index (χ0) is 9.97. The second-order valence-corrected chi connectivity index (χ2v) is 4.09. The molecule has 2 N–H and O–H groups in total. The normalized spacial score (nSPS) is 10.4. The lowest BCUT2D eigenvalue weighted by Gasteiger charge is -1.95. The number of anilines is 1. The van der Waals surface area contributed by atoms with Gasteiger partial charge in [0.1, 0.15) is 5.82 Å². The van der Waals surface area contributed by atoms with Crippen LogP contribution in [0.25, 0.3) is 10.7 Å². The van der Waals surface area contributed by atoms with Crippen molar-refractivity contribution in [1.82, 2.24) is 9.97 Å². The van der Waals surface area contributed by atoms with Crippen molar-refractivity contribution in [2.75, 3.05) is 5.73 Å². The maximum absolute atomic E-state index is 5.59. The van der Waals surface area contributed by atoms with Crippen molar-refractivity contribution in [3.8, 4) is 10.7 Å². The molecule has 0 atom stereocenters. The number of aryl methyl sites for hydroxylation is 1. The second-order valence-electron chi connectivity index (χ2n) is 2.92. The summed E-state index contributed by atoms with van der Waals surface area (Å²) in [5.74, 6) is 1.23. The Kier molecular flexibility index (Phi) is 2.45. The van der Waals surface area contributed by atoms with Gasteiger partial charge in [-0.25, -0.2) is 9.97 Å². The Morgan fingerprint density at radius 2 is 2.21 bits per heavy atom. The van der Waals surface area contributed by atoms with Crippen LogP contribution in [-0.2, 0) is 6.42 Å². The standard InChI is InChI=1S/C10H11N3S/c1-2-7-3-4-8(14-7)10-12-6-5-9(11)13-10/h3-6H,2H2,1H3,(H2,11,12,13). The van der Waals surface area contributed by atoms with Gasteiger partial charge in [-0.1, -0.05) is 6.92 Å². The molecule has 3 nitrogen and oxygen atoms in total. The molecule has 2 aromatic heterocycles. The summed E-state index contributed by atoms with van der Waals surface area (Å²) in [7, 11) is 0. The fourth-order valence-electron chi connectivity index (χ4n) is 1.18. The summed E-state index contributed by atoms with van der Waals surface area (Å²) in [5, 5.41) is 0. The summed E-state index contributed by atoms with van der Waals surface area (Å²) in [6, 6.07) is 5.84. The first-order valence-corrected chi connectivity index (χ1v) is 5.29. The molecule has 0 aromatic carbocycles. The van der Waals surface area contributed by atoms with Crippen molar-refractivity contribution < 1.29 is 0 Å². The number of nitrogens with zero attached hydrogens (tertiary/aromatic N) is 2. The van der Waals surface area contributed by atoms with Crippen LogP contribution < -0.4 is 5.73 Å². The van der Waals surface area contributed by atoms with Gasteiger partial charge in [0, 0.05) is 11.1 Å². The highest BCUT2D eigenvalue weighted by atomic mass is 32.1. The molecule has 2 rings (SSSR count). The van der Waals surface area contributed by atoms with E-state index in [-0.39, 0.29) is 0 Å². The lowest BCUT2D eigenvalue weighted by molar-refractivity contribution is 1.19. The van der Waals surface area contributed by atoms with Gasteiger partial charge in [-0.2, -0.15) is 0 Å². The number of aromatic nitrogens is 2. The fraction of sp³-hybridized carbons (Fsp3) is 0.200. The highest BCUT2D eigenvalue weighted by Gasteiger charge is 2.04. The molecular weight excluding hydrogens is 194 g/mol. The quantitative estimate of drug-likeness (QED) is 0.818. The third-order valence-corrected chi connectivity index (χ3v) is 3.13. The van der Waals surface area contributed by atoms with Crippen LogP contribution in [0.1, 0.15) is 11.8 Å². The van der Waals surface area contributed by atoms with E-state index in [4.69, 9.17) is 5.73 Å². The summed E-state index contributed by atoms with van der Waals surface area (Å²) in [6.45, 7) is 2.13. The van der Waals surface area contributed by atoms with Crippen LogP contribution in [-0.4, -0.2) is 9.97 Å². The molecule has 0 saturated carbocycles. The zero-order valence-corrected chi connectivity index (χ0v) is 8.71. The summed E-state index contributed by atoms with van der Waals surface area (Å²) >= 11 is 1.71. The van der Waals surface area contributed by atoms with Crippen LogP contribution in [0, 0.1) is 0 Å². The van der Waals surface area contributed by atoms with E-state index in [1.54, 1.807) is 23.6 Å². The predicted octanol–water partition coefficient (Wildman–Crippen LogP) is 2.35. The maximum atomic E-state index is 5.59. The van der Waals surface area contributed by atoms with E-state index >= 15 is 0 Å². The average molecular weight is 205 g/mol. The van der Waals surface area contributed by atoms with Crippen LogP contribution in [0.2, 0.25) is 0 Å². The van der Waals surface area contributed by atoms with Crippen LogP contribution >= 0.6 is 11.3 Å². The van der Waals surface area contributed by atoms with Gasteiger partial charge in [0.2, 0.25) is 0 Å². The topological polar surface area (TPSA) is 51.8 Å². The molecule has 0 radical (unpaired) electrons. The second kappa shape index (κ2) is 3.75. The molecule has 0 amide bonds. The Balaban J connectivity index is 2.39. The van der Waals surface area contributed by atoms with Crippen molar-refractivity contribution in [2.24, 2.45) is 0 Å². The molecule has 0 unspecified atom stereocenters. The van der Waals surface area contributed by atoms with Crippen LogP contribution in [0.3, 0.4) is 0 Å². The van der Waals surface area contributed by atoms with Crippen LogP contribution in [0.15, 0.2) is 24.4 Å². The number of hydrogen-bond acceptors (Lipinski definition) is 4. The first-order chi connectivity index (χ1) is 6.79. The predicted molar refractivity (Wildman–Crippen MR) is 59.1 cm³/mol. The largest absolute Gasteiger partial charge is 0.384 e. The molecule has 2 aromatic rings. The number of hydrogen-bond donors (Lipinski definition) is 1. The van der Waals surface area contributed by atoms with Crippen molar-refractivity contribution in [2.45, 2.75) is 13.3 Å². The molecule has 14 heavy (non-hydrogen) atoms. The molecular formula is C10H11N3S. The van der Waals surface area contributed by atoms with Gasteiger partial charge in [0.25, 0.3) is 0 Å². The molecule has 0 spiro atoms. The van der Waals surface area contributed by atoms with E-state index in [1.165, 1.54) is 4.88 Å². The Labute approximate surface area is 86.6 Å². The molecule has 72 valence electrons. The molecule has 0 aliphatic carbocycles. The Morgan fingerprint density at radius 3 is 2.86 bits per heavy atom. The summed E-state index contributed by atoms with van der Waals surface area (Å²) in [6.07, 6.45) is 2.73. The monoisotopic (exact) mass is 205 g/mol. The van der Waals surface area contributed by atoms with Gasteiger partial charge in [0.15, 0.2) is 5.82 Å². The molecule has 2 heterocycles. The Bertz CT molecular complexity index is 436. The van der Waals surface area contributed by atoms with Gasteiger partial charge in [0.05, 0.1) is 4.88 Å². The number of rotatable bonds is 2. The minimum atomic E-state index is 0.515. The minimum absolute atomic E-state index is 0.515. The van der Waals surface area contributed by atoms with E-state index in [2.05, 4.69) is 23.0 Å². The van der Waals surface area contributed by atoms with Crippen LogP contribution in [0.4, 0.5) is 5.82 Å². The Morgan fingerprint density at radius 1 is 1.36 bits per heavy atom. The third kappa shape index (κ3) is 1.75. The molecule has 0 fully saturated rings. The van der Waals surface area contributed by atoms with Crippen molar-refractivity contribution in [3.63, 3.8) is 0 Å². The first-order valence-electron chi connectivity index (χ1n) is 4.47. The lowest BCUT2D eigenvalue weighted by Crippen LogP contribution is -1.92. The Hall–Kier alpha value is -1.42. The number of thiophene rings is 1. The van der Waals surface area contributed by atoms with Crippen LogP contribution in [0.5, 0.6) is 0 Å². The van der Waals surface area contributed by atoms with E-state index in [9.17, 15) is 0 Å². The van der Waals surface area contributed by atoms with E-state index in [1.807, 2.05) is 6.07 Å². The number of nitrogens with two attached hydrogens (primary N) is 1. The van der Waals surface area contributed by atoms with Gasteiger partial charge in [-0.05, 0) is 24.6 Å². The third-order valence-electron chi connectivity index (χ3n) is 1.91. The highest BCUT2D eigenvalue weighted by molar-refractivity contribution is 7.15. The van der Waals surface area contributed by atoms with Gasteiger partial charge in [-0.3, -0.25) is 0 Å². The summed E-state index contributed by atoms with van der Waals surface area (Å²) < 4.78 is 0. The lowest BCUT2D eigenvalue weighted by atomic mass is 10.3. The van der Waals surface area contributed by atoms with E-state index in [0.29, 0.717) is 5.82 Å². The summed E-state index contributed by atoms with van der Waals surface area (Å²) in [5.41, 5.74) is 5.59. The molecule has 4 heteroatoms. The van der Waals surface area contributed by atoms with Crippen molar-refractivity contribution in [1.29, 1.82) is 0 Å². The van der Waals surface area contributed by atoms with Crippen molar-refractivity contribution >= 4 is 17.2 Å². The SMILES string of the molecule is CCc1ccc(-c2nccc(N)n2)s1. The van der Waals surface area contributed by atoms with Crippen molar-refractivity contribution in [3.05, 3.63) is 29.3 Å². The molecule has 0 aliphatic heterocycles. The molecule has 0 aliphatic rings. The van der Waals surface area contributed by atoms with Gasteiger partial charge < -0.3 is 5.73 Å². The number of nitrogen functional groups attached to an aromatic ring is 1. The molecule has 0 saturated heterocycles. The minimum Gasteiger partial charge on any atom is -0.384 e. The van der Waals surface area contributed by atoms with E-state index < -0.39 is 0 Å². The average Bonchev–Trinajstić information content (AvgIpc) is 2.66. The van der Waals surface area contributed by atoms with Gasteiger partial charge in [-0.15, -0.1) is 11.3 Å². The highest BCUT2D eigenvalue weighted by Crippen LogP contribution is 2.25. The fourth-order valence-corrected chi connectivity index (χ4v) is 2.07. The maximum Gasteiger partial charge on any atom is 0.171 e. The zero-order valence-electron chi connectivity index (χ0n) is 7.90.